The largest absolute Gasteiger partial charge is 0.302 e. The molecule has 0 radical (unpaired) electrons. The van der Waals surface area contributed by atoms with E-state index >= 15 is 0 Å². The van der Waals surface area contributed by atoms with Gasteiger partial charge in [0.25, 0.3) is 5.91 Å². The molecule has 2 aromatic carbocycles. The van der Waals surface area contributed by atoms with E-state index in [0.29, 0.717) is 25.8 Å². The number of thioether (sulfide) groups is 1. The molecule has 5 nitrogen and oxygen atoms in total. The van der Waals surface area contributed by atoms with Crippen LogP contribution in [0.25, 0.3) is 6.08 Å². The van der Waals surface area contributed by atoms with E-state index < -0.39 is 0 Å². The quantitative estimate of drug-likeness (QED) is 0.338. The lowest BCUT2D eigenvalue weighted by Gasteiger charge is -2.13. The van der Waals surface area contributed by atoms with Gasteiger partial charge in [-0.25, -0.2) is 4.98 Å². The highest BCUT2D eigenvalue weighted by atomic mass is 35.5. The Morgan fingerprint density at radius 3 is 2.69 bits per heavy atom. The fourth-order valence-electron chi connectivity index (χ4n) is 3.07. The Morgan fingerprint density at radius 2 is 1.91 bits per heavy atom. The van der Waals surface area contributed by atoms with Crippen LogP contribution in [0.3, 0.4) is 0 Å². The lowest BCUT2D eigenvalue weighted by Crippen LogP contribution is -2.31. The van der Waals surface area contributed by atoms with Gasteiger partial charge in [0.1, 0.15) is 4.32 Å². The zero-order chi connectivity index (χ0) is 22.5. The van der Waals surface area contributed by atoms with Gasteiger partial charge in [-0.3, -0.25) is 14.5 Å². The highest BCUT2D eigenvalue weighted by Crippen LogP contribution is 2.32. The monoisotopic (exact) mass is 499 g/mol. The van der Waals surface area contributed by atoms with E-state index in [9.17, 15) is 9.59 Å². The second kappa shape index (κ2) is 10.4. The number of anilines is 1. The van der Waals surface area contributed by atoms with Gasteiger partial charge in [-0.1, -0.05) is 84.1 Å². The standard InChI is InChI=1S/C23H18ClN3O2S3/c24-18-9-5-4-8-16(18)13-17-14-25-22(31-17)26-20(28)10-11-27-21(29)19(32-23(27)30)12-15-6-2-1-3-7-15/h1-9,12,14H,10-11,13H2,(H,25,26,28)/b19-12+. The van der Waals surface area contributed by atoms with Crippen molar-refractivity contribution >= 4 is 74.3 Å². The molecule has 0 saturated carbocycles. The fourth-order valence-corrected chi connectivity index (χ4v) is 5.43. The Hall–Kier alpha value is -2.52. The first kappa shape index (κ1) is 22.7. The second-order valence-electron chi connectivity index (χ2n) is 6.94. The molecule has 32 heavy (non-hydrogen) atoms. The number of aromatic nitrogens is 1. The van der Waals surface area contributed by atoms with Gasteiger partial charge in [-0.05, 0) is 23.3 Å². The van der Waals surface area contributed by atoms with Crippen LogP contribution in [-0.2, 0) is 16.0 Å². The van der Waals surface area contributed by atoms with Gasteiger partial charge in [0.05, 0.1) is 4.91 Å². The van der Waals surface area contributed by atoms with E-state index in [-0.39, 0.29) is 24.8 Å². The summed E-state index contributed by atoms with van der Waals surface area (Å²) in [5, 5.41) is 4.02. The Bertz CT molecular complexity index is 1190. The van der Waals surface area contributed by atoms with Crippen LogP contribution in [0.1, 0.15) is 22.4 Å². The van der Waals surface area contributed by atoms with Gasteiger partial charge in [0.15, 0.2) is 5.13 Å². The number of hydrogen-bond acceptors (Lipinski definition) is 6. The number of thiazole rings is 1. The molecule has 1 saturated heterocycles. The lowest BCUT2D eigenvalue weighted by atomic mass is 10.1. The van der Waals surface area contributed by atoms with Crippen LogP contribution in [0.15, 0.2) is 65.7 Å². The molecule has 0 bridgehead atoms. The third-order valence-electron chi connectivity index (χ3n) is 4.66. The highest BCUT2D eigenvalue weighted by molar-refractivity contribution is 8.26. The van der Waals surface area contributed by atoms with Gasteiger partial charge in [0.2, 0.25) is 5.91 Å². The van der Waals surface area contributed by atoms with Crippen LogP contribution in [-0.4, -0.2) is 32.6 Å². The normalized spacial score (nSPS) is 14.9. The van der Waals surface area contributed by atoms with E-state index in [0.717, 1.165) is 16.0 Å². The molecular weight excluding hydrogens is 482 g/mol. The number of hydrogen-bond donors (Lipinski definition) is 1. The van der Waals surface area contributed by atoms with Gasteiger partial charge in [-0.15, -0.1) is 11.3 Å². The van der Waals surface area contributed by atoms with Crippen LogP contribution in [0.5, 0.6) is 0 Å². The van der Waals surface area contributed by atoms with Crippen molar-refractivity contribution in [1.82, 2.24) is 9.88 Å². The average molecular weight is 500 g/mol. The van der Waals surface area contributed by atoms with Crippen LogP contribution in [0, 0.1) is 0 Å². The minimum absolute atomic E-state index is 0.129. The molecule has 1 aliphatic heterocycles. The number of halogens is 1. The third kappa shape index (κ3) is 5.63. The van der Waals surface area contributed by atoms with Crippen molar-refractivity contribution in [2.75, 3.05) is 11.9 Å². The number of benzene rings is 2. The van der Waals surface area contributed by atoms with Crippen LogP contribution in [0.2, 0.25) is 5.02 Å². The molecule has 1 aromatic heterocycles. The van der Waals surface area contributed by atoms with Gasteiger partial charge in [-0.2, -0.15) is 0 Å². The summed E-state index contributed by atoms with van der Waals surface area (Å²) in [5.74, 6) is -0.391. The Balaban J connectivity index is 1.31. The Kier molecular flexibility index (Phi) is 7.36. The molecule has 162 valence electrons. The van der Waals surface area contributed by atoms with Crippen molar-refractivity contribution in [2.24, 2.45) is 0 Å². The van der Waals surface area contributed by atoms with Gasteiger partial charge in [0, 0.05) is 35.5 Å². The summed E-state index contributed by atoms with van der Waals surface area (Å²) in [7, 11) is 0. The maximum absolute atomic E-state index is 12.7. The van der Waals surface area contributed by atoms with Crippen LogP contribution < -0.4 is 5.32 Å². The van der Waals surface area contributed by atoms with Gasteiger partial charge >= 0.3 is 0 Å². The van der Waals surface area contributed by atoms with E-state index in [1.54, 1.807) is 6.20 Å². The predicted octanol–water partition coefficient (Wildman–Crippen LogP) is 5.62. The number of carbonyl (C=O) groups excluding carboxylic acids is 2. The highest BCUT2D eigenvalue weighted by Gasteiger charge is 2.32. The number of amides is 2. The Labute approximate surface area is 204 Å². The van der Waals surface area contributed by atoms with Crippen LogP contribution >= 0.6 is 46.9 Å². The van der Waals surface area contributed by atoms with E-state index in [4.69, 9.17) is 23.8 Å². The van der Waals surface area contributed by atoms with E-state index in [1.165, 1.54) is 28.0 Å². The average Bonchev–Trinajstić information content (AvgIpc) is 3.32. The number of thiocarbonyl (C=S) groups is 1. The van der Waals surface area contributed by atoms with Crippen LogP contribution in [0.4, 0.5) is 5.13 Å². The lowest BCUT2D eigenvalue weighted by molar-refractivity contribution is -0.122. The molecule has 1 fully saturated rings. The van der Waals surface area contributed by atoms with Crippen molar-refractivity contribution < 1.29 is 9.59 Å². The van der Waals surface area contributed by atoms with Crippen molar-refractivity contribution in [2.45, 2.75) is 12.8 Å². The topological polar surface area (TPSA) is 62.3 Å². The first-order valence-corrected chi connectivity index (χ1v) is 12.2. The molecule has 0 atom stereocenters. The Morgan fingerprint density at radius 1 is 1.16 bits per heavy atom. The number of nitrogens with one attached hydrogen (secondary N) is 1. The number of rotatable bonds is 7. The number of carbonyl (C=O) groups is 2. The molecule has 0 spiro atoms. The fraction of sp³-hybridized carbons (Fsp3) is 0.130. The molecule has 9 heteroatoms. The summed E-state index contributed by atoms with van der Waals surface area (Å²) in [6, 6.07) is 17.2. The SMILES string of the molecule is O=C(CCN1C(=O)/C(=C\c2ccccc2)SC1=S)Nc1ncc(Cc2ccccc2Cl)s1. The summed E-state index contributed by atoms with van der Waals surface area (Å²) in [6.07, 6.45) is 4.33. The van der Waals surface area contributed by atoms with E-state index in [1.807, 2.05) is 60.7 Å². The summed E-state index contributed by atoms with van der Waals surface area (Å²) < 4.78 is 0.459. The number of nitrogens with zero attached hydrogens (tertiary/aromatic N) is 2. The minimum atomic E-state index is -0.218. The summed E-state index contributed by atoms with van der Waals surface area (Å²) in [6.45, 7) is 0.223. The molecule has 3 aromatic rings. The minimum Gasteiger partial charge on any atom is -0.302 e. The van der Waals surface area contributed by atoms with Crippen molar-refractivity contribution in [3.63, 3.8) is 0 Å². The van der Waals surface area contributed by atoms with E-state index in [2.05, 4.69) is 10.3 Å². The first-order valence-electron chi connectivity index (χ1n) is 9.78. The maximum atomic E-state index is 12.7. The van der Waals surface area contributed by atoms with Gasteiger partial charge < -0.3 is 5.32 Å². The summed E-state index contributed by atoms with van der Waals surface area (Å²) >= 11 is 14.2. The van der Waals surface area contributed by atoms with Crippen molar-refractivity contribution in [1.29, 1.82) is 0 Å². The zero-order valence-corrected chi connectivity index (χ0v) is 20.0. The second-order valence-corrected chi connectivity index (χ2v) is 10.1. The zero-order valence-electron chi connectivity index (χ0n) is 16.8. The molecule has 0 unspecified atom stereocenters. The molecular formula is C23H18ClN3O2S3. The molecule has 1 N–H and O–H groups in total. The molecule has 0 aliphatic carbocycles. The molecule has 1 aliphatic rings. The maximum Gasteiger partial charge on any atom is 0.266 e. The third-order valence-corrected chi connectivity index (χ3v) is 7.32. The summed E-state index contributed by atoms with van der Waals surface area (Å²) in [4.78, 5) is 32.4. The summed E-state index contributed by atoms with van der Waals surface area (Å²) in [5.41, 5.74) is 1.94. The predicted molar refractivity (Wildman–Crippen MR) is 136 cm³/mol. The molecule has 4 rings (SSSR count). The van der Waals surface area contributed by atoms with Crippen molar-refractivity contribution in [3.05, 3.63) is 86.7 Å². The smallest absolute Gasteiger partial charge is 0.266 e. The first-order chi connectivity index (χ1) is 15.5. The molecule has 2 amide bonds. The van der Waals surface area contributed by atoms with Crippen molar-refractivity contribution in [3.8, 4) is 0 Å². The molecule has 2 heterocycles.